The summed E-state index contributed by atoms with van der Waals surface area (Å²) in [6.07, 6.45) is 1.79. The molecule has 4 nitrogen and oxygen atoms in total. The molecule has 2 rings (SSSR count). The maximum Gasteiger partial charge on any atom is 0.244 e. The molecule has 0 bridgehead atoms. The highest BCUT2D eigenvalue weighted by Gasteiger charge is 2.31. The fourth-order valence-electron chi connectivity index (χ4n) is 2.51. The molecular weight excluding hydrogens is 303 g/mol. The Morgan fingerprint density at radius 1 is 1.50 bits per heavy atom. The van der Waals surface area contributed by atoms with Crippen LogP contribution in [0.5, 0.6) is 0 Å². The average molecular weight is 321 g/mol. The zero-order chi connectivity index (χ0) is 14.8. The van der Waals surface area contributed by atoms with Gasteiger partial charge in [0.2, 0.25) is 10.0 Å². The highest BCUT2D eigenvalue weighted by Crippen LogP contribution is 2.28. The summed E-state index contributed by atoms with van der Waals surface area (Å²) in [5.41, 5.74) is 0. The van der Waals surface area contributed by atoms with Gasteiger partial charge in [-0.25, -0.2) is 12.8 Å². The molecule has 20 heavy (non-hydrogen) atoms. The van der Waals surface area contributed by atoms with Gasteiger partial charge in [0.15, 0.2) is 0 Å². The number of hydrogen-bond acceptors (Lipinski definition) is 3. The highest BCUT2D eigenvalue weighted by molar-refractivity contribution is 7.89. The number of benzene rings is 1. The van der Waals surface area contributed by atoms with Crippen LogP contribution < -0.4 is 5.32 Å². The Labute approximate surface area is 124 Å². The van der Waals surface area contributed by atoms with Crippen molar-refractivity contribution in [3.05, 3.63) is 29.0 Å². The van der Waals surface area contributed by atoms with Crippen molar-refractivity contribution in [1.29, 1.82) is 0 Å². The van der Waals surface area contributed by atoms with Crippen molar-refractivity contribution in [3.8, 4) is 0 Å². The summed E-state index contributed by atoms with van der Waals surface area (Å²) in [6.45, 7) is 1.66. The van der Waals surface area contributed by atoms with Crippen LogP contribution in [0.1, 0.15) is 12.8 Å². The largest absolute Gasteiger partial charge is 0.319 e. The van der Waals surface area contributed by atoms with Crippen LogP contribution >= 0.6 is 11.6 Å². The van der Waals surface area contributed by atoms with Crippen molar-refractivity contribution >= 4 is 21.6 Å². The first-order valence-electron chi connectivity index (χ1n) is 6.55. The number of rotatable bonds is 4. The monoisotopic (exact) mass is 320 g/mol. The van der Waals surface area contributed by atoms with Gasteiger partial charge in [-0.3, -0.25) is 0 Å². The molecule has 0 aromatic heterocycles. The number of hydrogen-bond donors (Lipinski definition) is 1. The predicted octanol–water partition coefficient (Wildman–Crippen LogP) is 2.10. The third-order valence-electron chi connectivity index (χ3n) is 3.49. The molecule has 0 unspecified atom stereocenters. The first kappa shape index (κ1) is 15.7. The number of nitrogens with zero attached hydrogens (tertiary/aromatic N) is 1. The van der Waals surface area contributed by atoms with Crippen molar-refractivity contribution in [1.82, 2.24) is 9.62 Å². The van der Waals surface area contributed by atoms with Crippen LogP contribution in [0.3, 0.4) is 0 Å². The first-order chi connectivity index (χ1) is 9.45. The molecule has 1 saturated heterocycles. The Kier molecular flexibility index (Phi) is 5.01. The lowest BCUT2D eigenvalue weighted by Gasteiger charge is -2.32. The number of piperidine rings is 1. The van der Waals surface area contributed by atoms with E-state index in [1.165, 1.54) is 10.4 Å². The van der Waals surface area contributed by atoms with E-state index in [0.717, 1.165) is 31.5 Å². The summed E-state index contributed by atoms with van der Waals surface area (Å²) in [7, 11) is -1.89. The molecule has 1 aromatic carbocycles. The van der Waals surface area contributed by atoms with Gasteiger partial charge in [-0.05, 0) is 50.6 Å². The SMILES string of the molecule is CNC[C@@H]1CCCN(S(=O)(=O)c2cc(F)ccc2Cl)C1. The van der Waals surface area contributed by atoms with Crippen molar-refractivity contribution in [2.75, 3.05) is 26.7 Å². The van der Waals surface area contributed by atoms with Gasteiger partial charge >= 0.3 is 0 Å². The third-order valence-corrected chi connectivity index (χ3v) is 5.83. The summed E-state index contributed by atoms with van der Waals surface area (Å²) < 4.78 is 39.8. The predicted molar refractivity (Wildman–Crippen MR) is 76.8 cm³/mol. The molecule has 0 spiro atoms. The van der Waals surface area contributed by atoms with E-state index in [1.807, 2.05) is 7.05 Å². The molecule has 0 saturated carbocycles. The van der Waals surface area contributed by atoms with E-state index < -0.39 is 15.8 Å². The minimum atomic E-state index is -3.73. The molecule has 0 aliphatic carbocycles. The van der Waals surface area contributed by atoms with Gasteiger partial charge < -0.3 is 5.32 Å². The minimum Gasteiger partial charge on any atom is -0.319 e. The van der Waals surface area contributed by atoms with Crippen molar-refractivity contribution in [3.63, 3.8) is 0 Å². The summed E-state index contributed by atoms with van der Waals surface area (Å²) >= 11 is 5.91. The molecule has 1 aliphatic rings. The molecule has 112 valence electrons. The summed E-state index contributed by atoms with van der Waals surface area (Å²) in [5.74, 6) is -0.326. The lowest BCUT2D eigenvalue weighted by molar-refractivity contribution is 0.263. The fourth-order valence-corrected chi connectivity index (χ4v) is 4.56. The Hall–Kier alpha value is -0.690. The molecule has 0 radical (unpaired) electrons. The van der Waals surface area contributed by atoms with Gasteiger partial charge in [0, 0.05) is 13.1 Å². The Morgan fingerprint density at radius 2 is 2.25 bits per heavy atom. The Balaban J connectivity index is 2.27. The van der Waals surface area contributed by atoms with Crippen LogP contribution in [0.25, 0.3) is 0 Å². The normalized spacial score (nSPS) is 21.1. The van der Waals surface area contributed by atoms with Crippen LogP contribution in [-0.4, -0.2) is 39.4 Å². The molecule has 1 aromatic rings. The van der Waals surface area contributed by atoms with Gasteiger partial charge in [0.25, 0.3) is 0 Å². The summed E-state index contributed by atoms with van der Waals surface area (Å²) in [4.78, 5) is -0.149. The van der Waals surface area contributed by atoms with Crippen molar-refractivity contribution in [2.45, 2.75) is 17.7 Å². The maximum atomic E-state index is 13.3. The van der Waals surface area contributed by atoms with Crippen molar-refractivity contribution in [2.24, 2.45) is 5.92 Å². The molecule has 1 fully saturated rings. The van der Waals surface area contributed by atoms with Crippen LogP contribution in [0, 0.1) is 11.7 Å². The second kappa shape index (κ2) is 6.39. The average Bonchev–Trinajstić information content (AvgIpc) is 2.42. The standard InChI is InChI=1S/C13H18ClFN2O2S/c1-16-8-10-3-2-6-17(9-10)20(18,19)13-7-11(15)4-5-12(13)14/h4-5,7,10,16H,2-3,6,8-9H2,1H3/t10-/m0/s1. The highest BCUT2D eigenvalue weighted by atomic mass is 35.5. The van der Waals surface area contributed by atoms with Gasteiger partial charge in [-0.2, -0.15) is 4.31 Å². The molecule has 1 heterocycles. The first-order valence-corrected chi connectivity index (χ1v) is 8.36. The van der Waals surface area contributed by atoms with Gasteiger partial charge in [-0.1, -0.05) is 11.6 Å². The lowest BCUT2D eigenvalue weighted by Crippen LogP contribution is -2.42. The zero-order valence-electron chi connectivity index (χ0n) is 11.3. The molecule has 1 aliphatic heterocycles. The number of nitrogens with one attached hydrogen (secondary N) is 1. The second-order valence-electron chi connectivity index (χ2n) is 5.00. The minimum absolute atomic E-state index is 0.0575. The van der Waals surface area contributed by atoms with E-state index in [1.54, 1.807) is 0 Å². The van der Waals surface area contributed by atoms with Crippen LogP contribution in [0.2, 0.25) is 5.02 Å². The molecule has 1 atom stereocenters. The van der Waals surface area contributed by atoms with Crippen LogP contribution in [0.4, 0.5) is 4.39 Å². The van der Waals surface area contributed by atoms with Gasteiger partial charge in [-0.15, -0.1) is 0 Å². The molecule has 7 heteroatoms. The summed E-state index contributed by atoms with van der Waals surface area (Å²) in [5, 5.41) is 3.12. The van der Waals surface area contributed by atoms with E-state index in [-0.39, 0.29) is 15.8 Å². The van der Waals surface area contributed by atoms with Crippen LogP contribution in [-0.2, 0) is 10.0 Å². The summed E-state index contributed by atoms with van der Waals surface area (Å²) in [6, 6.07) is 3.42. The molecule has 1 N–H and O–H groups in total. The second-order valence-corrected chi connectivity index (χ2v) is 7.32. The number of halogens is 2. The van der Waals surface area contributed by atoms with Crippen molar-refractivity contribution < 1.29 is 12.8 Å². The van der Waals surface area contributed by atoms with Crippen LogP contribution in [0.15, 0.2) is 23.1 Å². The Morgan fingerprint density at radius 3 is 2.95 bits per heavy atom. The lowest BCUT2D eigenvalue weighted by atomic mass is 10.00. The number of sulfonamides is 1. The van der Waals surface area contributed by atoms with Gasteiger partial charge in [0.1, 0.15) is 10.7 Å². The molecular formula is C13H18ClFN2O2S. The van der Waals surface area contributed by atoms with E-state index in [2.05, 4.69) is 5.32 Å². The topological polar surface area (TPSA) is 49.4 Å². The fraction of sp³-hybridized carbons (Fsp3) is 0.538. The van der Waals surface area contributed by atoms with E-state index in [9.17, 15) is 12.8 Å². The smallest absolute Gasteiger partial charge is 0.244 e. The zero-order valence-corrected chi connectivity index (χ0v) is 12.8. The molecule has 0 amide bonds. The van der Waals surface area contributed by atoms with Gasteiger partial charge in [0.05, 0.1) is 5.02 Å². The third kappa shape index (κ3) is 3.31. The Bertz CT molecular complexity index is 578. The van der Waals surface area contributed by atoms with E-state index >= 15 is 0 Å². The van der Waals surface area contributed by atoms with E-state index in [0.29, 0.717) is 13.1 Å². The van der Waals surface area contributed by atoms with E-state index in [4.69, 9.17) is 11.6 Å². The maximum absolute atomic E-state index is 13.3. The quantitative estimate of drug-likeness (QED) is 0.924.